The van der Waals surface area contributed by atoms with Crippen molar-refractivity contribution < 1.29 is 9.53 Å². The van der Waals surface area contributed by atoms with E-state index in [1.165, 1.54) is 4.88 Å². The largest absolute Gasteiger partial charge is 0.384 e. The summed E-state index contributed by atoms with van der Waals surface area (Å²) in [5.74, 6) is 0.302. The van der Waals surface area contributed by atoms with Crippen LogP contribution in [0.5, 0.6) is 0 Å². The molecule has 0 radical (unpaired) electrons. The van der Waals surface area contributed by atoms with Gasteiger partial charge in [0.25, 0.3) is 0 Å². The molecule has 5 nitrogen and oxygen atoms in total. The fraction of sp³-hybridized carbons (Fsp3) is 0.706. The van der Waals surface area contributed by atoms with Gasteiger partial charge in [0.2, 0.25) is 5.91 Å². The predicted octanol–water partition coefficient (Wildman–Crippen LogP) is 1.41. The first kappa shape index (κ1) is 16.9. The molecule has 2 fully saturated rings. The lowest BCUT2D eigenvalue weighted by molar-refractivity contribution is -0.149. The molecule has 2 saturated heterocycles. The molecule has 0 atom stereocenters. The first-order valence-electron chi connectivity index (χ1n) is 8.47. The number of thiophene rings is 1. The molecule has 2 aliphatic rings. The maximum Gasteiger partial charge on any atom is 0.231 e. The number of piperazine rings is 1. The molecule has 0 bridgehead atoms. The molecular weight excluding hydrogens is 310 g/mol. The molecular formula is C17H27N3O2S. The third-order valence-corrected chi connectivity index (χ3v) is 5.92. The first-order chi connectivity index (χ1) is 11.2. The van der Waals surface area contributed by atoms with E-state index in [1.54, 1.807) is 18.4 Å². The van der Waals surface area contributed by atoms with Crippen molar-refractivity contribution in [1.29, 1.82) is 0 Å². The third-order valence-electron chi connectivity index (χ3n) is 5.05. The van der Waals surface area contributed by atoms with Gasteiger partial charge in [0, 0.05) is 44.7 Å². The van der Waals surface area contributed by atoms with E-state index in [0.29, 0.717) is 12.5 Å². The Bertz CT molecular complexity index is 486. The molecule has 23 heavy (non-hydrogen) atoms. The summed E-state index contributed by atoms with van der Waals surface area (Å²) in [6.45, 7) is 6.97. The van der Waals surface area contributed by atoms with Crippen LogP contribution >= 0.6 is 11.3 Å². The van der Waals surface area contributed by atoms with E-state index in [4.69, 9.17) is 4.74 Å². The minimum atomic E-state index is -0.310. The highest BCUT2D eigenvalue weighted by Crippen LogP contribution is 2.32. The van der Waals surface area contributed by atoms with E-state index in [2.05, 4.69) is 32.6 Å². The SMILES string of the molecule is COCC1(C(=O)N2CCN(Cc3cccs3)CC2)CCNCC1. The Balaban J connectivity index is 1.56. The third kappa shape index (κ3) is 3.94. The van der Waals surface area contributed by atoms with E-state index < -0.39 is 0 Å². The molecule has 0 saturated carbocycles. The molecule has 1 aromatic rings. The summed E-state index contributed by atoms with van der Waals surface area (Å²) in [4.78, 5) is 19.0. The predicted molar refractivity (Wildman–Crippen MR) is 92.6 cm³/mol. The Morgan fingerprint density at radius 2 is 2.04 bits per heavy atom. The lowest BCUT2D eigenvalue weighted by Crippen LogP contribution is -2.56. The highest BCUT2D eigenvalue weighted by atomic mass is 32.1. The minimum Gasteiger partial charge on any atom is -0.384 e. The number of rotatable bonds is 5. The number of ether oxygens (including phenoxy) is 1. The van der Waals surface area contributed by atoms with Crippen LogP contribution in [0.25, 0.3) is 0 Å². The molecule has 3 heterocycles. The van der Waals surface area contributed by atoms with Crippen LogP contribution in [-0.4, -0.2) is 68.7 Å². The zero-order valence-electron chi connectivity index (χ0n) is 13.9. The van der Waals surface area contributed by atoms with Gasteiger partial charge >= 0.3 is 0 Å². The van der Waals surface area contributed by atoms with Gasteiger partial charge in [-0.2, -0.15) is 0 Å². The lowest BCUT2D eigenvalue weighted by Gasteiger charge is -2.42. The molecule has 1 N–H and O–H groups in total. The van der Waals surface area contributed by atoms with Crippen LogP contribution in [0.3, 0.4) is 0 Å². The van der Waals surface area contributed by atoms with Crippen molar-refractivity contribution in [3.8, 4) is 0 Å². The van der Waals surface area contributed by atoms with Crippen molar-refractivity contribution in [3.63, 3.8) is 0 Å². The van der Waals surface area contributed by atoms with Crippen molar-refractivity contribution in [2.45, 2.75) is 19.4 Å². The number of hydrogen-bond donors (Lipinski definition) is 1. The second-order valence-electron chi connectivity index (χ2n) is 6.61. The van der Waals surface area contributed by atoms with Crippen LogP contribution in [-0.2, 0) is 16.1 Å². The molecule has 2 aliphatic heterocycles. The molecule has 0 spiro atoms. The standard InChI is InChI=1S/C17H27N3O2S/c1-22-14-17(4-6-18-7-5-17)16(21)20-10-8-19(9-11-20)13-15-3-2-12-23-15/h2-3,12,18H,4-11,13-14H2,1H3. The summed E-state index contributed by atoms with van der Waals surface area (Å²) in [6.07, 6.45) is 1.77. The lowest BCUT2D eigenvalue weighted by atomic mass is 9.78. The van der Waals surface area contributed by atoms with Gasteiger partial charge in [-0.25, -0.2) is 0 Å². The number of methoxy groups -OCH3 is 1. The van der Waals surface area contributed by atoms with Gasteiger partial charge in [-0.1, -0.05) is 6.07 Å². The summed E-state index contributed by atoms with van der Waals surface area (Å²) in [5.41, 5.74) is -0.310. The Hall–Kier alpha value is -0.950. The van der Waals surface area contributed by atoms with Crippen molar-refractivity contribution in [2.75, 3.05) is 53.0 Å². The van der Waals surface area contributed by atoms with Crippen molar-refractivity contribution in [2.24, 2.45) is 5.41 Å². The van der Waals surface area contributed by atoms with E-state index in [1.807, 2.05) is 0 Å². The number of piperidine rings is 1. The average molecular weight is 337 g/mol. The smallest absolute Gasteiger partial charge is 0.231 e. The van der Waals surface area contributed by atoms with E-state index in [9.17, 15) is 4.79 Å². The summed E-state index contributed by atoms with van der Waals surface area (Å²) in [6, 6.07) is 4.29. The zero-order chi connectivity index (χ0) is 16.1. The highest BCUT2D eigenvalue weighted by Gasteiger charge is 2.42. The van der Waals surface area contributed by atoms with Crippen LogP contribution < -0.4 is 5.32 Å². The van der Waals surface area contributed by atoms with Gasteiger partial charge in [-0.05, 0) is 37.4 Å². The summed E-state index contributed by atoms with van der Waals surface area (Å²) >= 11 is 1.81. The second kappa shape index (κ2) is 7.75. The van der Waals surface area contributed by atoms with Crippen LogP contribution in [0, 0.1) is 5.41 Å². The zero-order valence-corrected chi connectivity index (χ0v) is 14.7. The van der Waals surface area contributed by atoms with Gasteiger partial charge in [0.1, 0.15) is 0 Å². The van der Waals surface area contributed by atoms with Crippen LogP contribution in [0.15, 0.2) is 17.5 Å². The van der Waals surface area contributed by atoms with Gasteiger partial charge in [0.05, 0.1) is 12.0 Å². The van der Waals surface area contributed by atoms with Crippen molar-refractivity contribution >= 4 is 17.2 Å². The molecule has 1 aromatic heterocycles. The quantitative estimate of drug-likeness (QED) is 0.882. The van der Waals surface area contributed by atoms with Crippen LogP contribution in [0.1, 0.15) is 17.7 Å². The Labute approximate surface area is 142 Å². The topological polar surface area (TPSA) is 44.8 Å². The number of amides is 1. The fourth-order valence-electron chi connectivity index (χ4n) is 3.67. The normalized spacial score (nSPS) is 22.2. The minimum absolute atomic E-state index is 0.302. The number of nitrogens with one attached hydrogen (secondary N) is 1. The fourth-order valence-corrected chi connectivity index (χ4v) is 4.42. The molecule has 6 heteroatoms. The molecule has 128 valence electrons. The molecule has 3 rings (SSSR count). The van der Waals surface area contributed by atoms with Crippen LogP contribution in [0.2, 0.25) is 0 Å². The van der Waals surface area contributed by atoms with Crippen molar-refractivity contribution in [1.82, 2.24) is 15.1 Å². The Morgan fingerprint density at radius 3 is 2.65 bits per heavy atom. The van der Waals surface area contributed by atoms with E-state index >= 15 is 0 Å². The number of nitrogens with zero attached hydrogens (tertiary/aromatic N) is 2. The van der Waals surface area contributed by atoms with Gasteiger partial charge in [-0.15, -0.1) is 11.3 Å². The molecule has 0 unspecified atom stereocenters. The Morgan fingerprint density at radius 1 is 1.30 bits per heavy atom. The second-order valence-corrected chi connectivity index (χ2v) is 7.64. The number of hydrogen-bond acceptors (Lipinski definition) is 5. The van der Waals surface area contributed by atoms with Gasteiger partial charge in [-0.3, -0.25) is 9.69 Å². The molecule has 0 aliphatic carbocycles. The summed E-state index contributed by atoms with van der Waals surface area (Å²) in [5, 5.41) is 5.48. The number of carbonyl (C=O) groups is 1. The maximum atomic E-state index is 13.1. The highest BCUT2D eigenvalue weighted by molar-refractivity contribution is 7.09. The van der Waals surface area contributed by atoms with E-state index in [-0.39, 0.29) is 5.41 Å². The molecule has 1 amide bonds. The molecule has 0 aromatic carbocycles. The van der Waals surface area contributed by atoms with Gasteiger partial charge in [0.15, 0.2) is 0 Å². The monoisotopic (exact) mass is 337 g/mol. The maximum absolute atomic E-state index is 13.1. The summed E-state index contributed by atoms with van der Waals surface area (Å²) < 4.78 is 5.40. The summed E-state index contributed by atoms with van der Waals surface area (Å²) in [7, 11) is 1.70. The van der Waals surface area contributed by atoms with Crippen molar-refractivity contribution in [3.05, 3.63) is 22.4 Å². The number of carbonyl (C=O) groups excluding carboxylic acids is 1. The van der Waals surface area contributed by atoms with Crippen LogP contribution in [0.4, 0.5) is 0 Å². The Kier molecular flexibility index (Phi) is 5.69. The first-order valence-corrected chi connectivity index (χ1v) is 9.35. The average Bonchev–Trinajstić information content (AvgIpc) is 3.09. The van der Waals surface area contributed by atoms with Gasteiger partial charge < -0.3 is 15.0 Å². The van der Waals surface area contributed by atoms with E-state index in [0.717, 1.165) is 58.7 Å².